The van der Waals surface area contributed by atoms with Crippen LogP contribution in [-0.4, -0.2) is 4.98 Å². The van der Waals surface area contributed by atoms with Gasteiger partial charge >= 0.3 is 0 Å². The van der Waals surface area contributed by atoms with E-state index in [0.29, 0.717) is 0 Å². The van der Waals surface area contributed by atoms with E-state index < -0.39 is 0 Å². The number of aromatic nitrogens is 1. The van der Waals surface area contributed by atoms with Gasteiger partial charge in [-0.05, 0) is 29.7 Å². The first-order valence-corrected chi connectivity index (χ1v) is 5.05. The maximum atomic E-state index is 6.10. The highest BCUT2D eigenvalue weighted by Gasteiger charge is 2.05. The predicted octanol–water partition coefficient (Wildman–Crippen LogP) is 2.32. The summed E-state index contributed by atoms with van der Waals surface area (Å²) in [4.78, 5) is 3.98. The van der Waals surface area contributed by atoms with Gasteiger partial charge in [-0.3, -0.25) is 4.98 Å². The number of hydrogen-bond acceptors (Lipinski definition) is 2. The van der Waals surface area contributed by atoms with Crippen molar-refractivity contribution in [3.8, 4) is 0 Å². The fraction of sp³-hybridized carbons (Fsp3) is 0.154. The molecular weight excluding hydrogens is 184 g/mol. The van der Waals surface area contributed by atoms with Crippen molar-refractivity contribution < 1.29 is 0 Å². The minimum atomic E-state index is 0.0513. The summed E-state index contributed by atoms with van der Waals surface area (Å²) >= 11 is 0. The Balaban J connectivity index is 2.08. The molecule has 0 saturated heterocycles. The van der Waals surface area contributed by atoms with Crippen LogP contribution < -0.4 is 5.73 Å². The highest BCUT2D eigenvalue weighted by Crippen LogP contribution is 2.14. The molecule has 0 fully saturated rings. The highest BCUT2D eigenvalue weighted by atomic mass is 14.6. The van der Waals surface area contributed by atoms with Crippen molar-refractivity contribution >= 4 is 0 Å². The van der Waals surface area contributed by atoms with E-state index in [9.17, 15) is 0 Å². The molecule has 0 saturated carbocycles. The first kappa shape index (κ1) is 9.87. The Morgan fingerprint density at radius 3 is 2.33 bits per heavy atom. The summed E-state index contributed by atoms with van der Waals surface area (Å²) in [6.07, 6.45) is 4.42. The fourth-order valence-electron chi connectivity index (χ4n) is 1.60. The third-order valence-corrected chi connectivity index (χ3v) is 2.43. The summed E-state index contributed by atoms with van der Waals surface area (Å²) in [5, 5.41) is 0. The molecule has 1 atom stereocenters. The minimum Gasteiger partial charge on any atom is -0.324 e. The molecule has 0 spiro atoms. The lowest BCUT2D eigenvalue weighted by atomic mass is 10.0. The van der Waals surface area contributed by atoms with E-state index >= 15 is 0 Å². The summed E-state index contributed by atoms with van der Waals surface area (Å²) in [6.45, 7) is 0. The van der Waals surface area contributed by atoms with Crippen LogP contribution in [0.2, 0.25) is 0 Å². The van der Waals surface area contributed by atoms with Crippen LogP contribution in [0.5, 0.6) is 0 Å². The van der Waals surface area contributed by atoms with E-state index in [1.807, 2.05) is 30.3 Å². The third kappa shape index (κ3) is 2.64. The molecule has 2 N–H and O–H groups in total. The topological polar surface area (TPSA) is 38.9 Å². The number of pyridine rings is 1. The normalized spacial score (nSPS) is 12.3. The number of benzene rings is 1. The molecule has 1 aromatic heterocycles. The standard InChI is InChI=1S/C13H14N2/c14-13(12-6-8-15-9-7-12)10-11-4-2-1-3-5-11/h1-9,13H,10,14H2. The molecule has 0 aliphatic carbocycles. The van der Waals surface area contributed by atoms with Crippen molar-refractivity contribution in [2.75, 3.05) is 0 Å². The van der Waals surface area contributed by atoms with Crippen molar-refractivity contribution in [3.05, 3.63) is 66.0 Å². The van der Waals surface area contributed by atoms with E-state index in [4.69, 9.17) is 5.73 Å². The minimum absolute atomic E-state index is 0.0513. The summed E-state index contributed by atoms with van der Waals surface area (Å²) in [7, 11) is 0. The lowest BCUT2D eigenvalue weighted by molar-refractivity contribution is 0.720. The Labute approximate surface area is 89.8 Å². The number of rotatable bonds is 3. The van der Waals surface area contributed by atoms with Crippen molar-refractivity contribution in [2.24, 2.45) is 5.73 Å². The molecule has 2 nitrogen and oxygen atoms in total. The molecule has 15 heavy (non-hydrogen) atoms. The monoisotopic (exact) mass is 198 g/mol. The smallest absolute Gasteiger partial charge is 0.0336 e. The second-order valence-corrected chi connectivity index (χ2v) is 3.58. The molecule has 0 bridgehead atoms. The van der Waals surface area contributed by atoms with Gasteiger partial charge in [-0.2, -0.15) is 0 Å². The molecule has 2 heteroatoms. The van der Waals surface area contributed by atoms with Crippen LogP contribution in [0.3, 0.4) is 0 Å². The van der Waals surface area contributed by atoms with Gasteiger partial charge in [-0.15, -0.1) is 0 Å². The highest BCUT2D eigenvalue weighted by molar-refractivity contribution is 5.21. The molecule has 2 rings (SSSR count). The lowest BCUT2D eigenvalue weighted by Gasteiger charge is -2.11. The van der Waals surface area contributed by atoms with Crippen LogP contribution in [0, 0.1) is 0 Å². The van der Waals surface area contributed by atoms with Crippen LogP contribution in [0.1, 0.15) is 17.2 Å². The first-order valence-electron chi connectivity index (χ1n) is 5.05. The zero-order valence-electron chi connectivity index (χ0n) is 8.51. The number of hydrogen-bond donors (Lipinski definition) is 1. The second-order valence-electron chi connectivity index (χ2n) is 3.58. The lowest BCUT2D eigenvalue weighted by Crippen LogP contribution is -2.13. The molecule has 0 radical (unpaired) electrons. The quantitative estimate of drug-likeness (QED) is 0.822. The molecule has 76 valence electrons. The second kappa shape index (κ2) is 4.71. The van der Waals surface area contributed by atoms with Gasteiger partial charge in [0.1, 0.15) is 0 Å². The van der Waals surface area contributed by atoms with Gasteiger partial charge in [-0.25, -0.2) is 0 Å². The van der Waals surface area contributed by atoms with Crippen molar-refractivity contribution in [3.63, 3.8) is 0 Å². The first-order chi connectivity index (χ1) is 7.36. The van der Waals surface area contributed by atoms with Crippen molar-refractivity contribution in [1.29, 1.82) is 0 Å². The summed E-state index contributed by atoms with van der Waals surface area (Å²) in [5.41, 5.74) is 8.50. The average molecular weight is 198 g/mol. The van der Waals surface area contributed by atoms with Gasteiger partial charge < -0.3 is 5.73 Å². The molecule has 1 unspecified atom stereocenters. The largest absolute Gasteiger partial charge is 0.324 e. The number of nitrogens with zero attached hydrogens (tertiary/aromatic N) is 1. The molecule has 1 heterocycles. The van der Waals surface area contributed by atoms with Gasteiger partial charge in [0.15, 0.2) is 0 Å². The summed E-state index contributed by atoms with van der Waals surface area (Å²) < 4.78 is 0. The van der Waals surface area contributed by atoms with Crippen LogP contribution in [0.4, 0.5) is 0 Å². The number of nitrogens with two attached hydrogens (primary N) is 1. The predicted molar refractivity (Wildman–Crippen MR) is 61.3 cm³/mol. The summed E-state index contributed by atoms with van der Waals surface area (Å²) in [5.74, 6) is 0. The van der Waals surface area contributed by atoms with Gasteiger partial charge in [0.2, 0.25) is 0 Å². The third-order valence-electron chi connectivity index (χ3n) is 2.43. The zero-order valence-corrected chi connectivity index (χ0v) is 8.51. The van der Waals surface area contributed by atoms with E-state index in [1.54, 1.807) is 12.4 Å². The molecule has 0 aliphatic heterocycles. The average Bonchev–Trinajstić information content (AvgIpc) is 2.31. The Morgan fingerprint density at radius 1 is 1.00 bits per heavy atom. The van der Waals surface area contributed by atoms with Crippen LogP contribution in [0.25, 0.3) is 0 Å². The van der Waals surface area contributed by atoms with Gasteiger partial charge in [0.05, 0.1) is 0 Å². The fourth-order valence-corrected chi connectivity index (χ4v) is 1.60. The Morgan fingerprint density at radius 2 is 1.67 bits per heavy atom. The van der Waals surface area contributed by atoms with Crippen LogP contribution in [0.15, 0.2) is 54.9 Å². The summed E-state index contributed by atoms with van der Waals surface area (Å²) in [6, 6.07) is 14.3. The van der Waals surface area contributed by atoms with Gasteiger partial charge in [-0.1, -0.05) is 30.3 Å². The van der Waals surface area contributed by atoms with Gasteiger partial charge in [0, 0.05) is 18.4 Å². The van der Waals surface area contributed by atoms with E-state index in [-0.39, 0.29) is 6.04 Å². The SMILES string of the molecule is NC(Cc1ccccc1)c1ccncc1. The van der Waals surface area contributed by atoms with E-state index in [1.165, 1.54) is 5.56 Å². The van der Waals surface area contributed by atoms with Crippen LogP contribution in [-0.2, 0) is 6.42 Å². The molecule has 0 aliphatic rings. The molecule has 2 aromatic rings. The maximum absolute atomic E-state index is 6.10. The Kier molecular flexibility index (Phi) is 3.10. The Bertz CT molecular complexity index is 397. The molecule has 0 amide bonds. The molecular formula is C13H14N2. The van der Waals surface area contributed by atoms with E-state index in [0.717, 1.165) is 12.0 Å². The van der Waals surface area contributed by atoms with Crippen molar-refractivity contribution in [2.45, 2.75) is 12.5 Å². The van der Waals surface area contributed by atoms with E-state index in [2.05, 4.69) is 17.1 Å². The van der Waals surface area contributed by atoms with Crippen molar-refractivity contribution in [1.82, 2.24) is 4.98 Å². The molecule has 1 aromatic carbocycles. The maximum Gasteiger partial charge on any atom is 0.0336 e. The zero-order chi connectivity index (χ0) is 10.5. The van der Waals surface area contributed by atoms with Gasteiger partial charge in [0.25, 0.3) is 0 Å². The van der Waals surface area contributed by atoms with Crippen LogP contribution >= 0.6 is 0 Å². The Hall–Kier alpha value is -1.67.